The van der Waals surface area contributed by atoms with E-state index in [0.717, 1.165) is 12.8 Å². The number of hydrogen-bond donors (Lipinski definition) is 2. The third-order valence-corrected chi connectivity index (χ3v) is 3.69. The molecule has 18 heavy (non-hydrogen) atoms. The van der Waals surface area contributed by atoms with Gasteiger partial charge in [-0.2, -0.15) is 0 Å². The maximum absolute atomic E-state index is 10.5. The molecule has 1 aliphatic rings. The number of aliphatic hydroxyl groups is 1. The molecule has 1 fully saturated rings. The molecule has 0 aromatic rings. The van der Waals surface area contributed by atoms with Gasteiger partial charge in [0.25, 0.3) is 0 Å². The van der Waals surface area contributed by atoms with Crippen LogP contribution in [-0.2, 0) is 9.47 Å². The van der Waals surface area contributed by atoms with E-state index in [0.29, 0.717) is 51.8 Å². The van der Waals surface area contributed by atoms with E-state index in [4.69, 9.17) is 15.2 Å². The zero-order valence-corrected chi connectivity index (χ0v) is 11.7. The van der Waals surface area contributed by atoms with Gasteiger partial charge in [-0.05, 0) is 26.4 Å². The van der Waals surface area contributed by atoms with Crippen LogP contribution in [0.25, 0.3) is 0 Å². The van der Waals surface area contributed by atoms with Gasteiger partial charge in [0.2, 0.25) is 0 Å². The minimum Gasteiger partial charge on any atom is -0.388 e. The van der Waals surface area contributed by atoms with Gasteiger partial charge in [0, 0.05) is 45.8 Å². The maximum Gasteiger partial charge on any atom is 0.0817 e. The Morgan fingerprint density at radius 3 is 2.67 bits per heavy atom. The van der Waals surface area contributed by atoms with Crippen LogP contribution in [-0.4, -0.2) is 68.7 Å². The third kappa shape index (κ3) is 5.20. The number of rotatable bonds is 8. The first-order valence-corrected chi connectivity index (χ1v) is 6.80. The molecule has 1 rings (SSSR count). The van der Waals surface area contributed by atoms with Crippen LogP contribution in [0.4, 0.5) is 0 Å². The molecule has 108 valence electrons. The molecular formula is C13H28N2O3. The van der Waals surface area contributed by atoms with Crippen molar-refractivity contribution >= 4 is 0 Å². The number of hydrogen-bond acceptors (Lipinski definition) is 5. The average molecular weight is 260 g/mol. The van der Waals surface area contributed by atoms with Crippen molar-refractivity contribution in [3.63, 3.8) is 0 Å². The summed E-state index contributed by atoms with van der Waals surface area (Å²) in [5, 5.41) is 10.5. The second-order valence-corrected chi connectivity index (χ2v) is 5.29. The topological polar surface area (TPSA) is 68.0 Å². The Labute approximate surface area is 110 Å². The normalized spacial score (nSPS) is 21.2. The van der Waals surface area contributed by atoms with Gasteiger partial charge >= 0.3 is 0 Å². The van der Waals surface area contributed by atoms with Crippen LogP contribution in [0.1, 0.15) is 25.7 Å². The molecule has 0 amide bonds. The van der Waals surface area contributed by atoms with Crippen molar-refractivity contribution in [3.05, 3.63) is 0 Å². The van der Waals surface area contributed by atoms with Gasteiger partial charge in [-0.15, -0.1) is 0 Å². The van der Waals surface area contributed by atoms with E-state index in [1.54, 1.807) is 7.11 Å². The van der Waals surface area contributed by atoms with E-state index in [1.165, 1.54) is 0 Å². The van der Waals surface area contributed by atoms with Crippen LogP contribution in [0.3, 0.4) is 0 Å². The fourth-order valence-corrected chi connectivity index (χ4v) is 2.48. The largest absolute Gasteiger partial charge is 0.388 e. The molecule has 1 heterocycles. The van der Waals surface area contributed by atoms with Crippen molar-refractivity contribution in [2.75, 3.05) is 47.1 Å². The summed E-state index contributed by atoms with van der Waals surface area (Å²) in [4.78, 5) is 2.20. The third-order valence-electron chi connectivity index (χ3n) is 3.69. The number of nitrogens with two attached hydrogens (primary N) is 1. The summed E-state index contributed by atoms with van der Waals surface area (Å²) in [6, 6.07) is 0.324. The maximum atomic E-state index is 10.5. The van der Waals surface area contributed by atoms with Crippen LogP contribution in [0.2, 0.25) is 0 Å². The molecule has 5 nitrogen and oxygen atoms in total. The molecule has 1 unspecified atom stereocenters. The second kappa shape index (κ2) is 8.07. The van der Waals surface area contributed by atoms with E-state index in [1.807, 2.05) is 7.05 Å². The highest BCUT2D eigenvalue weighted by Gasteiger charge is 2.32. The fourth-order valence-electron chi connectivity index (χ4n) is 2.48. The molecule has 1 atom stereocenters. The van der Waals surface area contributed by atoms with Crippen LogP contribution in [0.5, 0.6) is 0 Å². The lowest BCUT2D eigenvalue weighted by Crippen LogP contribution is -2.49. The highest BCUT2D eigenvalue weighted by molar-refractivity contribution is 4.86. The molecule has 0 spiro atoms. The van der Waals surface area contributed by atoms with E-state index in [2.05, 4.69) is 4.90 Å². The van der Waals surface area contributed by atoms with Gasteiger partial charge < -0.3 is 20.3 Å². The Morgan fingerprint density at radius 2 is 2.11 bits per heavy atom. The van der Waals surface area contributed by atoms with Crippen molar-refractivity contribution < 1.29 is 14.6 Å². The van der Waals surface area contributed by atoms with E-state index >= 15 is 0 Å². The summed E-state index contributed by atoms with van der Waals surface area (Å²) in [5.41, 5.74) is 4.95. The highest BCUT2D eigenvalue weighted by atomic mass is 16.5. The van der Waals surface area contributed by atoms with Crippen molar-refractivity contribution in [1.82, 2.24) is 4.90 Å². The van der Waals surface area contributed by atoms with E-state index in [-0.39, 0.29) is 0 Å². The van der Waals surface area contributed by atoms with Crippen molar-refractivity contribution in [2.45, 2.75) is 37.3 Å². The van der Waals surface area contributed by atoms with Crippen LogP contribution < -0.4 is 5.73 Å². The first-order valence-electron chi connectivity index (χ1n) is 6.80. The monoisotopic (exact) mass is 260 g/mol. The summed E-state index contributed by atoms with van der Waals surface area (Å²) in [6.45, 7) is 3.37. The number of ether oxygens (including phenoxy) is 2. The molecule has 0 radical (unpaired) electrons. The standard InChI is InChI=1S/C13H28N2O3/c1-15(12(10-17-2)4-3-7-14)11-13(16)5-8-18-9-6-13/h12,16H,3-11,14H2,1-2H3. The zero-order valence-electron chi connectivity index (χ0n) is 11.7. The Balaban J connectivity index is 2.45. The molecule has 0 aliphatic carbocycles. The SMILES string of the molecule is COCC(CCCN)N(C)CC1(O)CCOCC1. The van der Waals surface area contributed by atoms with E-state index in [9.17, 15) is 5.11 Å². The summed E-state index contributed by atoms with van der Waals surface area (Å²) in [7, 11) is 3.76. The van der Waals surface area contributed by atoms with Crippen LogP contribution in [0, 0.1) is 0 Å². The Bertz CT molecular complexity index is 220. The van der Waals surface area contributed by atoms with E-state index < -0.39 is 5.60 Å². The van der Waals surface area contributed by atoms with Gasteiger partial charge in [0.05, 0.1) is 12.2 Å². The second-order valence-electron chi connectivity index (χ2n) is 5.29. The first kappa shape index (κ1) is 15.9. The first-order chi connectivity index (χ1) is 8.61. The van der Waals surface area contributed by atoms with Crippen molar-refractivity contribution in [2.24, 2.45) is 5.73 Å². The summed E-state index contributed by atoms with van der Waals surface area (Å²) < 4.78 is 10.6. The minimum atomic E-state index is -0.609. The average Bonchev–Trinajstić information content (AvgIpc) is 2.34. The molecule has 1 aliphatic heterocycles. The number of likely N-dealkylation sites (N-methyl/N-ethyl adjacent to an activating group) is 1. The van der Waals surface area contributed by atoms with Gasteiger partial charge in [-0.1, -0.05) is 0 Å². The number of nitrogens with zero attached hydrogens (tertiary/aromatic N) is 1. The molecule has 5 heteroatoms. The minimum absolute atomic E-state index is 0.324. The lowest BCUT2D eigenvalue weighted by atomic mass is 9.93. The molecule has 3 N–H and O–H groups in total. The molecule has 0 bridgehead atoms. The highest BCUT2D eigenvalue weighted by Crippen LogP contribution is 2.22. The Morgan fingerprint density at radius 1 is 1.44 bits per heavy atom. The predicted octanol–water partition coefficient (Wildman–Crippen LogP) is 0.214. The lowest BCUT2D eigenvalue weighted by molar-refractivity contribution is -0.0847. The van der Waals surface area contributed by atoms with Gasteiger partial charge in [0.1, 0.15) is 0 Å². The molecular weight excluding hydrogens is 232 g/mol. The lowest BCUT2D eigenvalue weighted by Gasteiger charge is -2.38. The van der Waals surface area contributed by atoms with Crippen molar-refractivity contribution in [3.8, 4) is 0 Å². The van der Waals surface area contributed by atoms with Crippen LogP contribution in [0.15, 0.2) is 0 Å². The number of methoxy groups -OCH3 is 1. The molecule has 0 aromatic heterocycles. The zero-order chi connectivity index (χ0) is 13.4. The van der Waals surface area contributed by atoms with Gasteiger partial charge in [-0.25, -0.2) is 0 Å². The van der Waals surface area contributed by atoms with Crippen LogP contribution >= 0.6 is 0 Å². The smallest absolute Gasteiger partial charge is 0.0817 e. The summed E-state index contributed by atoms with van der Waals surface area (Å²) in [5.74, 6) is 0. The quantitative estimate of drug-likeness (QED) is 0.653. The van der Waals surface area contributed by atoms with Crippen molar-refractivity contribution in [1.29, 1.82) is 0 Å². The Hall–Kier alpha value is -0.200. The van der Waals surface area contributed by atoms with Gasteiger partial charge in [-0.3, -0.25) is 4.90 Å². The summed E-state index contributed by atoms with van der Waals surface area (Å²) in [6.07, 6.45) is 3.43. The summed E-state index contributed by atoms with van der Waals surface area (Å²) >= 11 is 0. The predicted molar refractivity (Wildman–Crippen MR) is 71.6 cm³/mol. The molecule has 0 saturated carbocycles. The molecule has 0 aromatic carbocycles. The molecule has 1 saturated heterocycles. The van der Waals surface area contributed by atoms with Gasteiger partial charge in [0.15, 0.2) is 0 Å². The fraction of sp³-hybridized carbons (Fsp3) is 1.00. The Kier molecular flexibility index (Phi) is 7.11.